The molecule has 16 heavy (non-hydrogen) atoms. The third-order valence-electron chi connectivity index (χ3n) is 3.16. The van der Waals surface area contributed by atoms with Crippen LogP contribution in [0.2, 0.25) is 5.15 Å². The Labute approximate surface area is 103 Å². The van der Waals surface area contributed by atoms with E-state index in [1.165, 1.54) is 0 Å². The second-order valence-corrected chi connectivity index (χ2v) is 4.93. The zero-order valence-corrected chi connectivity index (χ0v) is 11.5. The molecule has 0 aliphatic heterocycles. The Hall–Kier alpha value is -0.830. The number of hydrogen-bond donors (Lipinski definition) is 0. The van der Waals surface area contributed by atoms with Gasteiger partial charge in [0.05, 0.1) is 0 Å². The number of rotatable bonds is 4. The summed E-state index contributed by atoms with van der Waals surface area (Å²) in [6.45, 7) is 8.57. The van der Waals surface area contributed by atoms with E-state index in [-0.39, 0.29) is 5.54 Å². The number of aromatic nitrogens is 2. The second kappa shape index (κ2) is 5.00. The van der Waals surface area contributed by atoms with Crippen molar-refractivity contribution >= 4 is 17.4 Å². The normalized spacial score (nSPS) is 11.6. The number of aryl methyl sites for hydroxylation is 1. The Balaban J connectivity index is 3.08. The molecule has 0 N–H and O–H groups in total. The topological polar surface area (TPSA) is 29.0 Å². The van der Waals surface area contributed by atoms with Crippen molar-refractivity contribution in [1.29, 1.82) is 0 Å². The molecule has 0 aliphatic rings. The highest BCUT2D eigenvalue weighted by molar-refractivity contribution is 6.29. The summed E-state index contributed by atoms with van der Waals surface area (Å²) < 4.78 is 0. The van der Waals surface area contributed by atoms with Crippen LogP contribution in [0.4, 0.5) is 5.82 Å². The molecule has 1 aromatic rings. The minimum Gasteiger partial charge on any atom is -0.354 e. The van der Waals surface area contributed by atoms with Crippen LogP contribution in [-0.4, -0.2) is 22.6 Å². The molecule has 0 atom stereocenters. The minimum atomic E-state index is 0.0721. The number of halogens is 1. The lowest BCUT2D eigenvalue weighted by Crippen LogP contribution is -2.41. The molecule has 3 nitrogen and oxygen atoms in total. The molecule has 0 radical (unpaired) electrons. The summed E-state index contributed by atoms with van der Waals surface area (Å²) in [5.74, 6) is 1.69. The first-order valence-corrected chi connectivity index (χ1v) is 6.05. The van der Waals surface area contributed by atoms with Crippen molar-refractivity contribution in [3.05, 3.63) is 17.0 Å². The van der Waals surface area contributed by atoms with Crippen LogP contribution in [0.15, 0.2) is 6.07 Å². The summed E-state index contributed by atoms with van der Waals surface area (Å²) in [6.07, 6.45) is 1.85. The first-order valence-electron chi connectivity index (χ1n) is 5.68. The van der Waals surface area contributed by atoms with Gasteiger partial charge < -0.3 is 4.90 Å². The SMILES string of the molecule is CCc1nc(Cl)cc(N(C)C(C)(C)CC)n1. The fourth-order valence-electron chi connectivity index (χ4n) is 1.33. The molecule has 1 heterocycles. The highest BCUT2D eigenvalue weighted by Gasteiger charge is 2.23. The summed E-state index contributed by atoms with van der Waals surface area (Å²) in [6, 6.07) is 1.82. The van der Waals surface area contributed by atoms with E-state index in [1.54, 1.807) is 0 Å². The van der Waals surface area contributed by atoms with E-state index in [0.29, 0.717) is 5.15 Å². The van der Waals surface area contributed by atoms with E-state index >= 15 is 0 Å². The van der Waals surface area contributed by atoms with Crippen molar-refractivity contribution in [2.75, 3.05) is 11.9 Å². The summed E-state index contributed by atoms with van der Waals surface area (Å²) in [5, 5.41) is 0.514. The average molecular weight is 242 g/mol. The highest BCUT2D eigenvalue weighted by Crippen LogP contribution is 2.24. The Morgan fingerprint density at radius 1 is 1.31 bits per heavy atom. The second-order valence-electron chi connectivity index (χ2n) is 4.54. The van der Waals surface area contributed by atoms with Crippen molar-refractivity contribution in [1.82, 2.24) is 9.97 Å². The zero-order valence-electron chi connectivity index (χ0n) is 10.7. The smallest absolute Gasteiger partial charge is 0.134 e. The Morgan fingerprint density at radius 2 is 1.94 bits per heavy atom. The molecule has 0 saturated carbocycles. The molecule has 0 amide bonds. The van der Waals surface area contributed by atoms with Crippen LogP contribution < -0.4 is 4.90 Å². The van der Waals surface area contributed by atoms with Gasteiger partial charge in [-0.25, -0.2) is 9.97 Å². The van der Waals surface area contributed by atoms with Crippen LogP contribution in [0.25, 0.3) is 0 Å². The van der Waals surface area contributed by atoms with E-state index in [0.717, 1.165) is 24.5 Å². The van der Waals surface area contributed by atoms with Gasteiger partial charge in [-0.15, -0.1) is 0 Å². The first-order chi connectivity index (χ1) is 7.40. The summed E-state index contributed by atoms with van der Waals surface area (Å²) >= 11 is 5.99. The van der Waals surface area contributed by atoms with Gasteiger partial charge in [0.25, 0.3) is 0 Å². The van der Waals surface area contributed by atoms with Gasteiger partial charge in [-0.3, -0.25) is 0 Å². The lowest BCUT2D eigenvalue weighted by Gasteiger charge is -2.35. The van der Waals surface area contributed by atoms with Crippen LogP contribution in [0, 0.1) is 0 Å². The Bertz CT molecular complexity index is 363. The predicted molar refractivity (Wildman–Crippen MR) is 69.2 cm³/mol. The molecule has 0 bridgehead atoms. The Kier molecular flexibility index (Phi) is 4.14. The van der Waals surface area contributed by atoms with Gasteiger partial charge in [0.2, 0.25) is 0 Å². The minimum absolute atomic E-state index is 0.0721. The quantitative estimate of drug-likeness (QED) is 0.758. The number of hydrogen-bond acceptors (Lipinski definition) is 3. The molecule has 4 heteroatoms. The molecule has 0 saturated heterocycles. The van der Waals surface area contributed by atoms with Gasteiger partial charge in [-0.2, -0.15) is 0 Å². The zero-order chi connectivity index (χ0) is 12.3. The molecule has 0 aromatic carbocycles. The summed E-state index contributed by atoms with van der Waals surface area (Å²) in [4.78, 5) is 10.8. The maximum Gasteiger partial charge on any atom is 0.134 e. The van der Waals surface area contributed by atoms with Crippen molar-refractivity contribution in [3.8, 4) is 0 Å². The third kappa shape index (κ3) is 2.85. The molecular weight excluding hydrogens is 222 g/mol. The fourth-order valence-corrected chi connectivity index (χ4v) is 1.52. The molecule has 90 valence electrons. The third-order valence-corrected chi connectivity index (χ3v) is 3.35. The average Bonchev–Trinajstić information content (AvgIpc) is 2.27. The van der Waals surface area contributed by atoms with Gasteiger partial charge in [-0.05, 0) is 20.3 Å². The highest BCUT2D eigenvalue weighted by atomic mass is 35.5. The lowest BCUT2D eigenvalue weighted by atomic mass is 10.0. The summed E-state index contributed by atoms with van der Waals surface area (Å²) in [7, 11) is 2.04. The van der Waals surface area contributed by atoms with Gasteiger partial charge in [0, 0.05) is 25.1 Å². The largest absolute Gasteiger partial charge is 0.354 e. The molecule has 1 aromatic heterocycles. The molecule has 0 fully saturated rings. The maximum absolute atomic E-state index is 5.99. The fraction of sp³-hybridized carbons (Fsp3) is 0.667. The van der Waals surface area contributed by atoms with E-state index in [2.05, 4.69) is 35.6 Å². The number of nitrogens with zero attached hydrogens (tertiary/aromatic N) is 3. The van der Waals surface area contributed by atoms with E-state index in [4.69, 9.17) is 11.6 Å². The molecule has 0 spiro atoms. The van der Waals surface area contributed by atoms with Crippen molar-refractivity contribution in [2.45, 2.75) is 46.1 Å². The van der Waals surface area contributed by atoms with Crippen molar-refractivity contribution in [2.24, 2.45) is 0 Å². The predicted octanol–water partition coefficient (Wildman–Crippen LogP) is 3.32. The maximum atomic E-state index is 5.99. The molecule has 1 rings (SSSR count). The van der Waals surface area contributed by atoms with Gasteiger partial charge in [0.15, 0.2) is 0 Å². The first kappa shape index (κ1) is 13.2. The standard InChI is InChI=1S/C12H20ClN3/c1-6-10-14-9(13)8-11(15-10)16(5)12(3,4)7-2/h8H,6-7H2,1-5H3. The van der Waals surface area contributed by atoms with Crippen LogP contribution in [-0.2, 0) is 6.42 Å². The van der Waals surface area contributed by atoms with Crippen molar-refractivity contribution in [3.63, 3.8) is 0 Å². The Morgan fingerprint density at radius 3 is 2.44 bits per heavy atom. The van der Waals surface area contributed by atoms with Gasteiger partial charge in [0.1, 0.15) is 16.8 Å². The van der Waals surface area contributed by atoms with Crippen LogP contribution in [0.5, 0.6) is 0 Å². The van der Waals surface area contributed by atoms with Crippen molar-refractivity contribution < 1.29 is 0 Å². The molecule has 0 aliphatic carbocycles. The lowest BCUT2D eigenvalue weighted by molar-refractivity contribution is 0.466. The van der Waals surface area contributed by atoms with Crippen LogP contribution in [0.1, 0.15) is 39.9 Å². The van der Waals surface area contributed by atoms with Gasteiger partial charge >= 0.3 is 0 Å². The number of anilines is 1. The monoisotopic (exact) mass is 241 g/mol. The van der Waals surface area contributed by atoms with Gasteiger partial charge in [-0.1, -0.05) is 25.4 Å². The van der Waals surface area contributed by atoms with E-state index < -0.39 is 0 Å². The van der Waals surface area contributed by atoms with Crippen LogP contribution in [0.3, 0.4) is 0 Å². The van der Waals surface area contributed by atoms with E-state index in [9.17, 15) is 0 Å². The molecule has 0 unspecified atom stereocenters. The summed E-state index contributed by atoms with van der Waals surface area (Å²) in [5.41, 5.74) is 0.0721. The molecular formula is C12H20ClN3. The van der Waals surface area contributed by atoms with E-state index in [1.807, 2.05) is 20.0 Å². The van der Waals surface area contributed by atoms with Crippen LogP contribution >= 0.6 is 11.6 Å².